The van der Waals surface area contributed by atoms with E-state index in [0.717, 1.165) is 17.8 Å². The summed E-state index contributed by atoms with van der Waals surface area (Å²) in [7, 11) is -4.11. The maximum Gasteiger partial charge on any atom is 0.339 e. The van der Waals surface area contributed by atoms with Crippen molar-refractivity contribution >= 4 is 33.2 Å². The van der Waals surface area contributed by atoms with E-state index in [-0.39, 0.29) is 28.0 Å². The Hall–Kier alpha value is -3.66. The zero-order valence-electron chi connectivity index (χ0n) is 18.8. The van der Waals surface area contributed by atoms with Crippen LogP contribution in [-0.4, -0.2) is 50.2 Å². The van der Waals surface area contributed by atoms with Gasteiger partial charge in [0.1, 0.15) is 17.2 Å². The van der Waals surface area contributed by atoms with Crippen molar-refractivity contribution in [1.29, 1.82) is 0 Å². The fourth-order valence-electron chi connectivity index (χ4n) is 4.11. The van der Waals surface area contributed by atoms with E-state index < -0.39 is 21.8 Å². The van der Waals surface area contributed by atoms with Crippen LogP contribution < -0.4 is 14.5 Å². The molecular formula is C24H25FN4O4S. The number of hydrogen-bond acceptors (Lipinski definition) is 6. The van der Waals surface area contributed by atoms with E-state index in [0.29, 0.717) is 19.6 Å². The molecule has 4 rings (SSSR count). The lowest BCUT2D eigenvalue weighted by atomic mass is 10.1. The predicted octanol–water partition coefficient (Wildman–Crippen LogP) is 3.74. The van der Waals surface area contributed by atoms with Crippen LogP contribution in [0.3, 0.4) is 0 Å². The molecule has 178 valence electrons. The smallest absolute Gasteiger partial charge is 0.339 e. The Balaban J connectivity index is 1.56. The van der Waals surface area contributed by atoms with Crippen molar-refractivity contribution in [2.75, 3.05) is 34.2 Å². The van der Waals surface area contributed by atoms with Gasteiger partial charge in [0.25, 0.3) is 10.0 Å². The minimum atomic E-state index is -4.11. The molecule has 10 heteroatoms. The molecular weight excluding hydrogens is 459 g/mol. The molecule has 0 aliphatic carbocycles. The summed E-state index contributed by atoms with van der Waals surface area (Å²) in [6.07, 6.45) is 1.27. The van der Waals surface area contributed by atoms with Gasteiger partial charge < -0.3 is 14.9 Å². The second-order valence-corrected chi connectivity index (χ2v) is 9.97. The number of carbonyl (C=O) groups is 1. The Morgan fingerprint density at radius 1 is 1.15 bits per heavy atom. The highest BCUT2D eigenvalue weighted by atomic mass is 32.2. The van der Waals surface area contributed by atoms with E-state index in [1.165, 1.54) is 30.0 Å². The Labute approximate surface area is 197 Å². The Morgan fingerprint density at radius 2 is 1.91 bits per heavy atom. The van der Waals surface area contributed by atoms with Gasteiger partial charge in [-0.05, 0) is 55.8 Å². The van der Waals surface area contributed by atoms with Crippen molar-refractivity contribution in [2.45, 2.75) is 24.8 Å². The Bertz CT molecular complexity index is 1330. The standard InChI is InChI=1S/C24H25FN4O4S/c1-16-5-3-7-20(11-16)29-10-9-28(15-17(29)2)23-22(24(30)31)13-19(14-26-23)27-34(32,33)21-8-4-6-18(25)12-21/h3-8,11-14,17,27H,9-10,15H2,1-2H3,(H,30,31)/t17-/m1/s1. The Kier molecular flexibility index (Phi) is 6.43. The predicted molar refractivity (Wildman–Crippen MR) is 129 cm³/mol. The number of halogens is 1. The molecule has 0 bridgehead atoms. The topological polar surface area (TPSA) is 103 Å². The molecule has 2 heterocycles. The van der Waals surface area contributed by atoms with Gasteiger partial charge in [-0.2, -0.15) is 0 Å². The van der Waals surface area contributed by atoms with Crippen LogP contribution in [0, 0.1) is 12.7 Å². The van der Waals surface area contributed by atoms with Crippen molar-refractivity contribution in [3.05, 3.63) is 77.7 Å². The zero-order valence-corrected chi connectivity index (χ0v) is 19.6. The van der Waals surface area contributed by atoms with Gasteiger partial charge in [0.2, 0.25) is 0 Å². The maximum atomic E-state index is 13.5. The summed E-state index contributed by atoms with van der Waals surface area (Å²) in [5, 5.41) is 9.80. The summed E-state index contributed by atoms with van der Waals surface area (Å²) in [6.45, 7) is 5.89. The summed E-state index contributed by atoms with van der Waals surface area (Å²) >= 11 is 0. The van der Waals surface area contributed by atoms with Crippen molar-refractivity contribution in [2.24, 2.45) is 0 Å². The third kappa shape index (κ3) is 4.96. The van der Waals surface area contributed by atoms with Gasteiger partial charge in [0.15, 0.2) is 0 Å². The van der Waals surface area contributed by atoms with Crippen LogP contribution in [-0.2, 0) is 10.0 Å². The van der Waals surface area contributed by atoms with E-state index in [1.807, 2.05) is 24.0 Å². The highest BCUT2D eigenvalue weighted by molar-refractivity contribution is 7.92. The second kappa shape index (κ2) is 9.30. The number of anilines is 3. The second-order valence-electron chi connectivity index (χ2n) is 8.29. The highest BCUT2D eigenvalue weighted by Gasteiger charge is 2.28. The molecule has 0 radical (unpaired) electrons. The van der Waals surface area contributed by atoms with Gasteiger partial charge in [-0.25, -0.2) is 22.6 Å². The molecule has 1 atom stereocenters. The molecule has 1 aliphatic heterocycles. The first-order valence-electron chi connectivity index (χ1n) is 10.7. The summed E-state index contributed by atoms with van der Waals surface area (Å²) in [5.74, 6) is -1.64. The van der Waals surface area contributed by atoms with Crippen LogP contribution in [0.2, 0.25) is 0 Å². The number of carboxylic acids is 1. The zero-order chi connectivity index (χ0) is 24.5. The number of aromatic carboxylic acids is 1. The molecule has 2 N–H and O–H groups in total. The van der Waals surface area contributed by atoms with E-state index in [2.05, 4.69) is 33.7 Å². The van der Waals surface area contributed by atoms with Crippen molar-refractivity contribution in [1.82, 2.24) is 4.98 Å². The third-order valence-electron chi connectivity index (χ3n) is 5.72. The van der Waals surface area contributed by atoms with Gasteiger partial charge in [-0.1, -0.05) is 18.2 Å². The lowest BCUT2D eigenvalue weighted by Gasteiger charge is -2.42. The molecule has 1 aromatic heterocycles. The van der Waals surface area contributed by atoms with Crippen LogP contribution in [0.25, 0.3) is 0 Å². The van der Waals surface area contributed by atoms with Gasteiger partial charge in [-0.15, -0.1) is 0 Å². The Morgan fingerprint density at radius 3 is 2.59 bits per heavy atom. The minimum absolute atomic E-state index is 0.0168. The summed E-state index contributed by atoms with van der Waals surface area (Å²) in [6, 6.07) is 14.1. The molecule has 3 aromatic rings. The number of aryl methyl sites for hydroxylation is 1. The van der Waals surface area contributed by atoms with Crippen LogP contribution in [0.4, 0.5) is 21.6 Å². The number of aromatic nitrogens is 1. The number of benzene rings is 2. The number of carboxylic acid groups (broad SMARTS) is 1. The number of piperazine rings is 1. The molecule has 34 heavy (non-hydrogen) atoms. The number of hydrogen-bond donors (Lipinski definition) is 2. The van der Waals surface area contributed by atoms with Gasteiger partial charge in [0, 0.05) is 31.4 Å². The average molecular weight is 485 g/mol. The SMILES string of the molecule is Cc1cccc(N2CCN(c3ncc(NS(=O)(=O)c4cccc(F)c4)cc3C(=O)O)C[C@H]2C)c1. The molecule has 0 saturated carbocycles. The van der Waals surface area contributed by atoms with Crippen LogP contribution in [0.5, 0.6) is 0 Å². The number of sulfonamides is 1. The minimum Gasteiger partial charge on any atom is -0.478 e. The van der Waals surface area contributed by atoms with Gasteiger partial charge in [0.05, 0.1) is 16.8 Å². The first kappa shape index (κ1) is 23.5. The molecule has 1 fully saturated rings. The molecule has 0 amide bonds. The first-order chi connectivity index (χ1) is 16.1. The maximum absolute atomic E-state index is 13.5. The fraction of sp³-hybridized carbons (Fsp3) is 0.250. The van der Waals surface area contributed by atoms with Crippen molar-refractivity contribution < 1.29 is 22.7 Å². The molecule has 2 aromatic carbocycles. The number of rotatable bonds is 6. The molecule has 1 aliphatic rings. The quantitative estimate of drug-likeness (QED) is 0.549. The summed E-state index contributed by atoms with van der Waals surface area (Å²) < 4.78 is 40.9. The lowest BCUT2D eigenvalue weighted by molar-refractivity contribution is 0.0697. The first-order valence-corrected chi connectivity index (χ1v) is 12.2. The molecule has 0 spiro atoms. The molecule has 1 saturated heterocycles. The molecule has 8 nitrogen and oxygen atoms in total. The van der Waals surface area contributed by atoms with Gasteiger partial charge in [-0.3, -0.25) is 4.72 Å². The number of nitrogens with one attached hydrogen (secondary N) is 1. The van der Waals surface area contributed by atoms with Crippen LogP contribution in [0.15, 0.2) is 65.7 Å². The van der Waals surface area contributed by atoms with E-state index in [1.54, 1.807) is 0 Å². The largest absolute Gasteiger partial charge is 0.478 e. The fourth-order valence-corrected chi connectivity index (χ4v) is 5.18. The van der Waals surface area contributed by atoms with E-state index in [9.17, 15) is 22.7 Å². The van der Waals surface area contributed by atoms with Crippen molar-refractivity contribution in [3.8, 4) is 0 Å². The van der Waals surface area contributed by atoms with Crippen LogP contribution >= 0.6 is 0 Å². The van der Waals surface area contributed by atoms with E-state index in [4.69, 9.17) is 0 Å². The van der Waals surface area contributed by atoms with Crippen LogP contribution in [0.1, 0.15) is 22.8 Å². The number of pyridine rings is 1. The van der Waals surface area contributed by atoms with E-state index >= 15 is 0 Å². The lowest BCUT2D eigenvalue weighted by Crippen LogP contribution is -2.52. The summed E-state index contributed by atoms with van der Waals surface area (Å²) in [4.78, 5) is 20.2. The molecule has 0 unspecified atom stereocenters. The highest BCUT2D eigenvalue weighted by Crippen LogP contribution is 2.28. The third-order valence-corrected chi connectivity index (χ3v) is 7.09. The average Bonchev–Trinajstić information content (AvgIpc) is 2.78. The number of nitrogens with zero attached hydrogens (tertiary/aromatic N) is 3. The summed E-state index contributed by atoms with van der Waals surface area (Å²) in [5.41, 5.74) is 2.14. The van der Waals surface area contributed by atoms with Gasteiger partial charge >= 0.3 is 5.97 Å². The monoisotopic (exact) mass is 484 g/mol. The normalized spacial score (nSPS) is 16.4. The van der Waals surface area contributed by atoms with Crippen molar-refractivity contribution in [3.63, 3.8) is 0 Å².